The van der Waals surface area contributed by atoms with Gasteiger partial charge < -0.3 is 4.74 Å². The molecule has 0 spiro atoms. The first-order valence-corrected chi connectivity index (χ1v) is 7.60. The molecule has 2 heteroatoms. The Kier molecular flexibility index (Phi) is 2.54. The van der Waals surface area contributed by atoms with Gasteiger partial charge in [-0.15, -0.1) is 0 Å². The minimum atomic E-state index is -0.214. The van der Waals surface area contributed by atoms with Gasteiger partial charge in [0, 0.05) is 24.2 Å². The average molecular weight is 262 g/mol. The van der Waals surface area contributed by atoms with Gasteiger partial charge in [-0.1, -0.05) is 27.4 Å². The number of fused-ring (bicyclic) bond motifs is 3. The molecule has 3 fully saturated rings. The second-order valence-electron chi connectivity index (χ2n) is 8.00. The molecule has 0 aromatic heterocycles. The number of allylic oxidation sites excluding steroid dienone is 1. The summed E-state index contributed by atoms with van der Waals surface area (Å²) >= 11 is 0. The van der Waals surface area contributed by atoms with Crippen molar-refractivity contribution < 1.29 is 9.53 Å². The molecule has 1 saturated heterocycles. The lowest BCUT2D eigenvalue weighted by Crippen LogP contribution is -2.59. The van der Waals surface area contributed by atoms with Gasteiger partial charge in [0.05, 0.1) is 5.76 Å². The van der Waals surface area contributed by atoms with Gasteiger partial charge in [0.1, 0.15) is 11.4 Å². The standard InChI is InChI=1S/C17H26O2/c1-11-10-13-16(4,19-11)9-6-12-15(2,3)8-7-14(18)17(12,13)5/h12-13H,1,6-10H2,2-5H3/t12-,13-,16+,17-/m0/s1. The second-order valence-corrected chi connectivity index (χ2v) is 8.00. The van der Waals surface area contributed by atoms with Crippen molar-refractivity contribution in [2.45, 2.75) is 65.4 Å². The first-order valence-electron chi connectivity index (χ1n) is 7.60. The number of carbonyl (C=O) groups is 1. The Morgan fingerprint density at radius 2 is 1.84 bits per heavy atom. The summed E-state index contributed by atoms with van der Waals surface area (Å²) in [5, 5.41) is 0. The number of ketones is 1. The van der Waals surface area contributed by atoms with E-state index in [-0.39, 0.29) is 16.4 Å². The van der Waals surface area contributed by atoms with Crippen LogP contribution in [-0.2, 0) is 9.53 Å². The summed E-state index contributed by atoms with van der Waals surface area (Å²) in [6.45, 7) is 13.1. The SMILES string of the molecule is C=C1C[C@@H]2[C@@]3(C)C(=O)CCC(C)(C)[C@@H]3CC[C@@]2(C)O1. The third-order valence-corrected chi connectivity index (χ3v) is 6.46. The van der Waals surface area contributed by atoms with Crippen molar-refractivity contribution in [3.05, 3.63) is 12.3 Å². The number of ether oxygens (including phenoxy) is 1. The lowest BCUT2D eigenvalue weighted by molar-refractivity contribution is -0.168. The van der Waals surface area contributed by atoms with Crippen LogP contribution in [0.2, 0.25) is 0 Å². The zero-order valence-electron chi connectivity index (χ0n) is 12.7. The highest BCUT2D eigenvalue weighted by Crippen LogP contribution is 2.64. The molecular formula is C17H26O2. The van der Waals surface area contributed by atoms with E-state index in [2.05, 4.69) is 34.3 Å². The minimum Gasteiger partial charge on any atom is -0.492 e. The van der Waals surface area contributed by atoms with Crippen LogP contribution in [-0.4, -0.2) is 11.4 Å². The molecule has 0 N–H and O–H groups in total. The fourth-order valence-corrected chi connectivity index (χ4v) is 5.40. The zero-order chi connectivity index (χ0) is 14.1. The summed E-state index contributed by atoms with van der Waals surface area (Å²) in [4.78, 5) is 12.7. The Morgan fingerprint density at radius 1 is 1.16 bits per heavy atom. The fraction of sp³-hybridized carbons (Fsp3) is 0.824. The molecule has 4 atom stereocenters. The van der Waals surface area contributed by atoms with E-state index in [0.717, 1.165) is 37.9 Å². The van der Waals surface area contributed by atoms with Crippen LogP contribution in [0.15, 0.2) is 12.3 Å². The zero-order valence-corrected chi connectivity index (χ0v) is 12.7. The quantitative estimate of drug-likeness (QED) is 0.657. The van der Waals surface area contributed by atoms with Gasteiger partial charge >= 0.3 is 0 Å². The number of Topliss-reactive ketones (excluding diaryl/α,β-unsaturated/α-hetero) is 1. The third kappa shape index (κ3) is 1.58. The molecule has 19 heavy (non-hydrogen) atoms. The highest BCUT2D eigenvalue weighted by Gasteiger charge is 2.64. The van der Waals surface area contributed by atoms with Crippen molar-refractivity contribution in [1.29, 1.82) is 0 Å². The highest BCUT2D eigenvalue weighted by molar-refractivity contribution is 5.86. The highest BCUT2D eigenvalue weighted by atomic mass is 16.5. The summed E-state index contributed by atoms with van der Waals surface area (Å²) in [7, 11) is 0. The molecule has 3 aliphatic rings. The van der Waals surface area contributed by atoms with E-state index in [1.807, 2.05) is 0 Å². The maximum atomic E-state index is 12.7. The van der Waals surface area contributed by atoms with Crippen LogP contribution in [0, 0.1) is 22.7 Å². The van der Waals surface area contributed by atoms with E-state index < -0.39 is 0 Å². The van der Waals surface area contributed by atoms with Crippen LogP contribution in [0.1, 0.15) is 59.8 Å². The first-order chi connectivity index (χ1) is 8.70. The number of carbonyl (C=O) groups excluding carboxylic acids is 1. The van der Waals surface area contributed by atoms with Crippen LogP contribution in [0.5, 0.6) is 0 Å². The first kappa shape index (κ1) is 13.2. The number of hydrogen-bond donors (Lipinski definition) is 0. The van der Waals surface area contributed by atoms with E-state index in [4.69, 9.17) is 4.74 Å². The number of hydrogen-bond acceptors (Lipinski definition) is 2. The van der Waals surface area contributed by atoms with E-state index >= 15 is 0 Å². The van der Waals surface area contributed by atoms with Crippen LogP contribution in [0.4, 0.5) is 0 Å². The molecule has 3 rings (SSSR count). The molecule has 2 saturated carbocycles. The number of rotatable bonds is 0. The predicted octanol–water partition coefficient (Wildman–Crippen LogP) is 4.10. The lowest BCUT2D eigenvalue weighted by atomic mass is 9.45. The predicted molar refractivity (Wildman–Crippen MR) is 75.6 cm³/mol. The lowest BCUT2D eigenvalue weighted by Gasteiger charge is -2.58. The molecular weight excluding hydrogens is 236 g/mol. The fourth-order valence-electron chi connectivity index (χ4n) is 5.40. The third-order valence-electron chi connectivity index (χ3n) is 6.46. The van der Waals surface area contributed by atoms with Crippen LogP contribution < -0.4 is 0 Å². The van der Waals surface area contributed by atoms with Crippen molar-refractivity contribution in [3.8, 4) is 0 Å². The molecule has 2 nitrogen and oxygen atoms in total. The molecule has 0 bridgehead atoms. The molecule has 106 valence electrons. The Balaban J connectivity index is 2.08. The van der Waals surface area contributed by atoms with Crippen molar-refractivity contribution >= 4 is 5.78 Å². The largest absolute Gasteiger partial charge is 0.492 e. The molecule has 0 aromatic rings. The van der Waals surface area contributed by atoms with E-state index in [1.54, 1.807) is 0 Å². The molecule has 0 radical (unpaired) electrons. The summed E-state index contributed by atoms with van der Waals surface area (Å²) < 4.78 is 6.04. The Hall–Kier alpha value is -0.790. The molecule has 1 aliphatic heterocycles. The van der Waals surface area contributed by atoms with Crippen molar-refractivity contribution in [2.75, 3.05) is 0 Å². The van der Waals surface area contributed by atoms with Crippen LogP contribution in [0.25, 0.3) is 0 Å². The van der Waals surface area contributed by atoms with Gasteiger partial charge in [-0.05, 0) is 37.5 Å². The van der Waals surface area contributed by atoms with E-state index in [9.17, 15) is 4.79 Å². The Morgan fingerprint density at radius 3 is 2.53 bits per heavy atom. The van der Waals surface area contributed by atoms with Crippen molar-refractivity contribution in [3.63, 3.8) is 0 Å². The monoisotopic (exact) mass is 262 g/mol. The van der Waals surface area contributed by atoms with E-state index in [1.165, 1.54) is 0 Å². The summed E-state index contributed by atoms with van der Waals surface area (Å²) in [5.41, 5.74) is -0.104. The summed E-state index contributed by atoms with van der Waals surface area (Å²) in [5.74, 6) is 2.16. The summed E-state index contributed by atoms with van der Waals surface area (Å²) in [6, 6.07) is 0. The molecule has 0 unspecified atom stereocenters. The maximum absolute atomic E-state index is 12.7. The molecule has 0 aromatic carbocycles. The van der Waals surface area contributed by atoms with E-state index in [0.29, 0.717) is 17.6 Å². The molecule has 2 aliphatic carbocycles. The average Bonchev–Trinajstić information content (AvgIpc) is 2.60. The summed E-state index contributed by atoms with van der Waals surface area (Å²) in [6.07, 6.45) is 4.81. The van der Waals surface area contributed by atoms with Gasteiger partial charge in [0.25, 0.3) is 0 Å². The smallest absolute Gasteiger partial charge is 0.139 e. The van der Waals surface area contributed by atoms with Gasteiger partial charge in [-0.2, -0.15) is 0 Å². The van der Waals surface area contributed by atoms with Crippen LogP contribution in [0.3, 0.4) is 0 Å². The normalized spacial score (nSPS) is 48.4. The Labute approximate surface area is 116 Å². The van der Waals surface area contributed by atoms with Crippen molar-refractivity contribution in [2.24, 2.45) is 22.7 Å². The van der Waals surface area contributed by atoms with Gasteiger partial charge in [-0.3, -0.25) is 4.79 Å². The van der Waals surface area contributed by atoms with Gasteiger partial charge in [0.15, 0.2) is 0 Å². The topological polar surface area (TPSA) is 26.3 Å². The van der Waals surface area contributed by atoms with Gasteiger partial charge in [-0.25, -0.2) is 0 Å². The Bertz CT molecular complexity index is 450. The maximum Gasteiger partial charge on any atom is 0.139 e. The second kappa shape index (κ2) is 3.65. The molecule has 0 amide bonds. The van der Waals surface area contributed by atoms with Crippen LogP contribution >= 0.6 is 0 Å². The molecule has 1 heterocycles. The minimum absolute atomic E-state index is 0.161. The van der Waals surface area contributed by atoms with Crippen molar-refractivity contribution in [1.82, 2.24) is 0 Å². The van der Waals surface area contributed by atoms with Gasteiger partial charge in [0.2, 0.25) is 0 Å².